The molecule has 1 saturated carbocycles. The SMILES string of the molecule is Cc1cccc(C(=O)N2c3ccc(C(=O)NC4CCCCC4N)cc3NC(=O)C2C)c1. The fourth-order valence-corrected chi connectivity index (χ4v) is 4.34. The predicted molar refractivity (Wildman–Crippen MR) is 120 cm³/mol. The van der Waals surface area contributed by atoms with Crippen molar-refractivity contribution in [2.75, 3.05) is 10.2 Å². The van der Waals surface area contributed by atoms with E-state index in [0.29, 0.717) is 22.5 Å². The zero-order chi connectivity index (χ0) is 22.1. The van der Waals surface area contributed by atoms with E-state index in [1.54, 1.807) is 37.3 Å². The van der Waals surface area contributed by atoms with Gasteiger partial charge in [-0.15, -0.1) is 0 Å². The van der Waals surface area contributed by atoms with Crippen LogP contribution >= 0.6 is 0 Å². The third-order valence-corrected chi connectivity index (χ3v) is 6.16. The molecule has 4 N–H and O–H groups in total. The second-order valence-corrected chi connectivity index (χ2v) is 8.47. The van der Waals surface area contributed by atoms with Gasteiger partial charge in [-0.2, -0.15) is 0 Å². The second-order valence-electron chi connectivity index (χ2n) is 8.47. The van der Waals surface area contributed by atoms with Crippen LogP contribution in [0.2, 0.25) is 0 Å². The third-order valence-electron chi connectivity index (χ3n) is 6.16. The first-order valence-electron chi connectivity index (χ1n) is 10.8. The Balaban J connectivity index is 1.62. The number of fused-ring (bicyclic) bond motifs is 1. The van der Waals surface area contributed by atoms with Gasteiger partial charge in [-0.05, 0) is 57.0 Å². The zero-order valence-electron chi connectivity index (χ0n) is 17.9. The molecule has 7 nitrogen and oxygen atoms in total. The van der Waals surface area contributed by atoms with Gasteiger partial charge in [0.1, 0.15) is 6.04 Å². The average Bonchev–Trinajstić information content (AvgIpc) is 2.75. The lowest BCUT2D eigenvalue weighted by Crippen LogP contribution is -2.50. The maximum atomic E-state index is 13.2. The maximum Gasteiger partial charge on any atom is 0.259 e. The molecule has 1 aliphatic heterocycles. The minimum absolute atomic E-state index is 0.0432. The van der Waals surface area contributed by atoms with Gasteiger partial charge in [-0.3, -0.25) is 19.3 Å². The fraction of sp³-hybridized carbons (Fsp3) is 0.375. The van der Waals surface area contributed by atoms with Crippen LogP contribution in [0.3, 0.4) is 0 Å². The molecule has 3 atom stereocenters. The molecule has 1 aliphatic carbocycles. The Labute approximate surface area is 182 Å². The molecular formula is C24H28N4O3. The van der Waals surface area contributed by atoms with Crippen LogP contribution in [0.4, 0.5) is 11.4 Å². The van der Waals surface area contributed by atoms with Crippen molar-refractivity contribution in [3.8, 4) is 0 Å². The molecule has 0 radical (unpaired) electrons. The van der Waals surface area contributed by atoms with E-state index in [0.717, 1.165) is 31.2 Å². The summed E-state index contributed by atoms with van der Waals surface area (Å²) < 4.78 is 0. The Morgan fingerprint density at radius 3 is 2.61 bits per heavy atom. The van der Waals surface area contributed by atoms with Gasteiger partial charge in [0.15, 0.2) is 0 Å². The number of aryl methyl sites for hydroxylation is 1. The molecule has 1 heterocycles. The average molecular weight is 421 g/mol. The summed E-state index contributed by atoms with van der Waals surface area (Å²) >= 11 is 0. The number of benzene rings is 2. The molecule has 0 aromatic heterocycles. The lowest BCUT2D eigenvalue weighted by Gasteiger charge is -2.35. The number of amides is 3. The highest BCUT2D eigenvalue weighted by Crippen LogP contribution is 2.34. The summed E-state index contributed by atoms with van der Waals surface area (Å²) in [7, 11) is 0. The van der Waals surface area contributed by atoms with Gasteiger partial charge in [0.2, 0.25) is 5.91 Å². The quantitative estimate of drug-likeness (QED) is 0.710. The van der Waals surface area contributed by atoms with Crippen molar-refractivity contribution < 1.29 is 14.4 Å². The normalized spacial score (nSPS) is 23.0. The second kappa shape index (κ2) is 8.51. The van der Waals surface area contributed by atoms with Crippen LogP contribution in [0, 0.1) is 6.92 Å². The van der Waals surface area contributed by atoms with Crippen molar-refractivity contribution in [3.05, 3.63) is 59.2 Å². The first-order valence-corrected chi connectivity index (χ1v) is 10.8. The van der Waals surface area contributed by atoms with Crippen LogP contribution in [-0.2, 0) is 4.79 Å². The van der Waals surface area contributed by atoms with E-state index in [4.69, 9.17) is 5.73 Å². The topological polar surface area (TPSA) is 105 Å². The van der Waals surface area contributed by atoms with Gasteiger partial charge < -0.3 is 16.4 Å². The molecule has 3 amide bonds. The van der Waals surface area contributed by atoms with Crippen LogP contribution in [0.15, 0.2) is 42.5 Å². The highest BCUT2D eigenvalue weighted by atomic mass is 16.2. The van der Waals surface area contributed by atoms with E-state index in [-0.39, 0.29) is 29.8 Å². The Morgan fingerprint density at radius 1 is 1.10 bits per heavy atom. The van der Waals surface area contributed by atoms with Crippen molar-refractivity contribution in [2.24, 2.45) is 5.73 Å². The fourth-order valence-electron chi connectivity index (χ4n) is 4.34. The smallest absolute Gasteiger partial charge is 0.259 e. The monoisotopic (exact) mass is 420 g/mol. The Bertz CT molecular complexity index is 1040. The molecule has 162 valence electrons. The Kier molecular flexibility index (Phi) is 5.78. The van der Waals surface area contributed by atoms with Crippen LogP contribution < -0.4 is 21.3 Å². The molecule has 3 unspecified atom stereocenters. The minimum atomic E-state index is -0.666. The van der Waals surface area contributed by atoms with Gasteiger partial charge >= 0.3 is 0 Å². The van der Waals surface area contributed by atoms with Crippen LogP contribution in [0.25, 0.3) is 0 Å². The van der Waals surface area contributed by atoms with Crippen molar-refractivity contribution in [3.63, 3.8) is 0 Å². The number of hydrogen-bond donors (Lipinski definition) is 3. The van der Waals surface area contributed by atoms with E-state index in [2.05, 4.69) is 10.6 Å². The molecule has 31 heavy (non-hydrogen) atoms. The number of hydrogen-bond acceptors (Lipinski definition) is 4. The highest BCUT2D eigenvalue weighted by molar-refractivity contribution is 6.17. The van der Waals surface area contributed by atoms with E-state index < -0.39 is 6.04 Å². The molecule has 2 aromatic carbocycles. The lowest BCUT2D eigenvalue weighted by atomic mass is 9.91. The van der Waals surface area contributed by atoms with E-state index in [1.807, 2.05) is 19.1 Å². The number of anilines is 2. The molecule has 0 saturated heterocycles. The molecule has 0 spiro atoms. The summed E-state index contributed by atoms with van der Waals surface area (Å²) in [4.78, 5) is 40.1. The van der Waals surface area contributed by atoms with E-state index in [1.165, 1.54) is 4.90 Å². The third kappa shape index (κ3) is 4.18. The maximum absolute atomic E-state index is 13.2. The number of nitrogens with one attached hydrogen (secondary N) is 2. The van der Waals surface area contributed by atoms with Gasteiger partial charge in [0.25, 0.3) is 11.8 Å². The standard InChI is InChI=1S/C24H28N4O3/c1-14-6-5-7-17(12-14)24(31)28-15(2)22(29)27-20-13-16(10-11-21(20)28)23(30)26-19-9-4-3-8-18(19)25/h5-7,10-13,15,18-19H,3-4,8-9,25H2,1-2H3,(H,26,30)(H,27,29). The van der Waals surface area contributed by atoms with Crippen molar-refractivity contribution in [2.45, 2.75) is 57.7 Å². The zero-order valence-corrected chi connectivity index (χ0v) is 17.9. The molecule has 4 rings (SSSR count). The molecule has 2 aromatic rings. The van der Waals surface area contributed by atoms with Gasteiger partial charge in [-0.1, -0.05) is 30.5 Å². The number of carbonyl (C=O) groups is 3. The molecule has 1 fully saturated rings. The van der Waals surface area contributed by atoms with Crippen molar-refractivity contribution >= 4 is 29.1 Å². The lowest BCUT2D eigenvalue weighted by molar-refractivity contribution is -0.117. The number of nitrogens with two attached hydrogens (primary N) is 1. The van der Waals surface area contributed by atoms with Gasteiger partial charge in [0.05, 0.1) is 11.4 Å². The summed E-state index contributed by atoms with van der Waals surface area (Å²) in [6.45, 7) is 3.61. The van der Waals surface area contributed by atoms with E-state index in [9.17, 15) is 14.4 Å². The molecule has 0 bridgehead atoms. The number of nitrogens with zero attached hydrogens (tertiary/aromatic N) is 1. The van der Waals surface area contributed by atoms with Crippen LogP contribution in [-0.4, -0.2) is 35.8 Å². The summed E-state index contributed by atoms with van der Waals surface area (Å²) in [6.07, 6.45) is 3.90. The van der Waals surface area contributed by atoms with Gasteiger partial charge in [-0.25, -0.2) is 0 Å². The first kappa shape index (κ1) is 21.1. The number of carbonyl (C=O) groups excluding carboxylic acids is 3. The minimum Gasteiger partial charge on any atom is -0.348 e. The predicted octanol–water partition coefficient (Wildman–Crippen LogP) is 2.98. The molecular weight excluding hydrogens is 392 g/mol. The summed E-state index contributed by atoms with van der Waals surface area (Å²) in [5.41, 5.74) is 9.08. The summed E-state index contributed by atoms with van der Waals surface area (Å²) in [5, 5.41) is 5.85. The highest BCUT2D eigenvalue weighted by Gasteiger charge is 2.35. The molecule has 7 heteroatoms. The molecule has 2 aliphatic rings. The largest absolute Gasteiger partial charge is 0.348 e. The summed E-state index contributed by atoms with van der Waals surface area (Å²) in [6, 6.07) is 11.5. The van der Waals surface area contributed by atoms with Crippen LogP contribution in [0.1, 0.15) is 58.9 Å². The van der Waals surface area contributed by atoms with Crippen LogP contribution in [0.5, 0.6) is 0 Å². The Morgan fingerprint density at radius 2 is 1.87 bits per heavy atom. The number of rotatable bonds is 3. The van der Waals surface area contributed by atoms with Crippen molar-refractivity contribution in [1.82, 2.24) is 5.32 Å². The van der Waals surface area contributed by atoms with E-state index >= 15 is 0 Å². The summed E-state index contributed by atoms with van der Waals surface area (Å²) in [5.74, 6) is -0.771. The Hall–Kier alpha value is -3.19. The first-order chi connectivity index (χ1) is 14.8. The van der Waals surface area contributed by atoms with Gasteiger partial charge in [0, 0.05) is 23.2 Å². The van der Waals surface area contributed by atoms with Crippen molar-refractivity contribution in [1.29, 1.82) is 0 Å².